The highest BCUT2D eigenvalue weighted by Crippen LogP contribution is 2.41. The number of nitrogens with zero attached hydrogens (tertiary/aromatic N) is 1. The van der Waals surface area contributed by atoms with Crippen molar-refractivity contribution in [3.63, 3.8) is 0 Å². The largest absolute Gasteiger partial charge is 0.395 e. The van der Waals surface area contributed by atoms with Gasteiger partial charge < -0.3 is 5.11 Å². The van der Waals surface area contributed by atoms with E-state index < -0.39 is 0 Å². The Hall–Kier alpha value is -1.33. The molecule has 15 heavy (non-hydrogen) atoms. The highest BCUT2D eigenvalue weighted by Gasteiger charge is 2.24. The molecular weight excluding hydrogens is 186 g/mol. The minimum atomic E-state index is 0.0167. The first kappa shape index (κ1) is 10.2. The SMILES string of the molecule is C[C](CO)c1cc(C2CC2)ccc1C#N. The molecule has 2 heteroatoms. The lowest BCUT2D eigenvalue weighted by molar-refractivity contribution is 0.315. The van der Waals surface area contributed by atoms with Crippen LogP contribution >= 0.6 is 0 Å². The smallest absolute Gasteiger partial charge is 0.0994 e. The number of rotatable bonds is 3. The third-order valence-electron chi connectivity index (χ3n) is 2.91. The minimum Gasteiger partial charge on any atom is -0.395 e. The monoisotopic (exact) mass is 200 g/mol. The summed E-state index contributed by atoms with van der Waals surface area (Å²) in [5, 5.41) is 18.1. The molecule has 0 atom stereocenters. The van der Waals surface area contributed by atoms with Gasteiger partial charge in [0.25, 0.3) is 0 Å². The van der Waals surface area contributed by atoms with Gasteiger partial charge in [0.2, 0.25) is 0 Å². The van der Waals surface area contributed by atoms with Gasteiger partial charge in [-0.1, -0.05) is 19.1 Å². The predicted molar refractivity (Wildman–Crippen MR) is 58.2 cm³/mol. The Morgan fingerprint density at radius 2 is 2.27 bits per heavy atom. The van der Waals surface area contributed by atoms with Crippen LogP contribution in [0.25, 0.3) is 0 Å². The molecule has 1 aromatic carbocycles. The standard InChI is InChI=1S/C13H14NO/c1-9(8-15)13-6-11(10-2-3-10)4-5-12(13)7-14/h4-6,10,15H,2-3,8H2,1H3. The second-order valence-corrected chi connectivity index (χ2v) is 4.13. The lowest BCUT2D eigenvalue weighted by Crippen LogP contribution is -2.03. The molecule has 77 valence electrons. The van der Waals surface area contributed by atoms with E-state index >= 15 is 0 Å². The number of benzene rings is 1. The van der Waals surface area contributed by atoms with Crippen LogP contribution < -0.4 is 0 Å². The highest BCUT2D eigenvalue weighted by molar-refractivity contribution is 5.48. The fourth-order valence-corrected chi connectivity index (χ4v) is 1.77. The molecule has 0 saturated heterocycles. The topological polar surface area (TPSA) is 44.0 Å². The number of hydrogen-bond acceptors (Lipinski definition) is 2. The van der Waals surface area contributed by atoms with Gasteiger partial charge in [-0.05, 0) is 36.0 Å². The van der Waals surface area contributed by atoms with E-state index in [0.29, 0.717) is 11.5 Å². The highest BCUT2D eigenvalue weighted by atomic mass is 16.3. The Bertz CT molecular complexity index is 401. The summed E-state index contributed by atoms with van der Waals surface area (Å²) in [7, 11) is 0. The van der Waals surface area contributed by atoms with Gasteiger partial charge >= 0.3 is 0 Å². The molecular formula is C13H14NO. The summed E-state index contributed by atoms with van der Waals surface area (Å²) in [5.41, 5.74) is 2.87. The molecule has 1 saturated carbocycles. The van der Waals surface area contributed by atoms with Crippen LogP contribution in [0.15, 0.2) is 18.2 Å². The first-order valence-corrected chi connectivity index (χ1v) is 5.24. The predicted octanol–water partition coefficient (Wildman–Crippen LogP) is 2.37. The molecule has 1 fully saturated rings. The van der Waals surface area contributed by atoms with Gasteiger partial charge in [-0.3, -0.25) is 0 Å². The Kier molecular flexibility index (Phi) is 2.75. The Morgan fingerprint density at radius 3 is 2.80 bits per heavy atom. The first-order chi connectivity index (χ1) is 7.26. The molecule has 1 aliphatic rings. The third kappa shape index (κ3) is 2.03. The van der Waals surface area contributed by atoms with Gasteiger partial charge in [-0.15, -0.1) is 0 Å². The summed E-state index contributed by atoms with van der Waals surface area (Å²) in [5.74, 6) is 1.55. The van der Waals surface area contributed by atoms with Crippen LogP contribution in [0.4, 0.5) is 0 Å². The van der Waals surface area contributed by atoms with Crippen LogP contribution in [-0.4, -0.2) is 11.7 Å². The average molecular weight is 200 g/mol. The molecule has 1 aliphatic carbocycles. The first-order valence-electron chi connectivity index (χ1n) is 5.24. The molecule has 0 amide bonds. The van der Waals surface area contributed by atoms with E-state index in [9.17, 15) is 0 Å². The van der Waals surface area contributed by atoms with Crippen LogP contribution in [-0.2, 0) is 0 Å². The zero-order chi connectivity index (χ0) is 10.8. The lowest BCUT2D eigenvalue weighted by Gasteiger charge is -2.11. The van der Waals surface area contributed by atoms with Gasteiger partial charge in [0.15, 0.2) is 0 Å². The summed E-state index contributed by atoms with van der Waals surface area (Å²) < 4.78 is 0. The van der Waals surface area contributed by atoms with Gasteiger partial charge in [0, 0.05) is 5.92 Å². The van der Waals surface area contributed by atoms with Crippen molar-refractivity contribution in [1.29, 1.82) is 5.26 Å². The second kappa shape index (κ2) is 4.04. The van der Waals surface area contributed by atoms with Crippen LogP contribution in [0, 0.1) is 17.2 Å². The van der Waals surface area contributed by atoms with E-state index in [4.69, 9.17) is 10.4 Å². The maximum Gasteiger partial charge on any atom is 0.0994 e. The van der Waals surface area contributed by atoms with Crippen LogP contribution in [0.1, 0.15) is 42.4 Å². The van der Waals surface area contributed by atoms with Crippen molar-refractivity contribution < 1.29 is 5.11 Å². The van der Waals surface area contributed by atoms with E-state index in [1.54, 1.807) is 0 Å². The van der Waals surface area contributed by atoms with Crippen molar-refractivity contribution in [3.8, 4) is 6.07 Å². The molecule has 2 rings (SSSR count). The van der Waals surface area contributed by atoms with Crippen LogP contribution in [0.5, 0.6) is 0 Å². The number of aliphatic hydroxyl groups excluding tert-OH is 1. The summed E-state index contributed by atoms with van der Waals surface area (Å²) in [6.07, 6.45) is 2.51. The Balaban J connectivity index is 2.38. The van der Waals surface area contributed by atoms with Crippen molar-refractivity contribution in [2.75, 3.05) is 6.61 Å². The van der Waals surface area contributed by atoms with E-state index in [-0.39, 0.29) is 6.61 Å². The zero-order valence-electron chi connectivity index (χ0n) is 8.83. The van der Waals surface area contributed by atoms with Crippen molar-refractivity contribution >= 4 is 0 Å². The fourth-order valence-electron chi connectivity index (χ4n) is 1.77. The molecule has 0 heterocycles. The molecule has 1 N–H and O–H groups in total. The second-order valence-electron chi connectivity index (χ2n) is 4.13. The van der Waals surface area contributed by atoms with Gasteiger partial charge in [-0.25, -0.2) is 0 Å². The molecule has 1 radical (unpaired) electrons. The Labute approximate surface area is 90.2 Å². The van der Waals surface area contributed by atoms with Crippen LogP contribution in [0.2, 0.25) is 0 Å². The van der Waals surface area contributed by atoms with Crippen molar-refractivity contribution in [2.45, 2.75) is 25.7 Å². The maximum atomic E-state index is 9.11. The molecule has 0 aliphatic heterocycles. The van der Waals surface area contributed by atoms with Crippen molar-refractivity contribution in [2.24, 2.45) is 0 Å². The zero-order valence-corrected chi connectivity index (χ0v) is 8.83. The van der Waals surface area contributed by atoms with Gasteiger partial charge in [0.05, 0.1) is 18.2 Å². The molecule has 2 nitrogen and oxygen atoms in total. The van der Waals surface area contributed by atoms with E-state index in [0.717, 1.165) is 11.5 Å². The summed E-state index contributed by atoms with van der Waals surface area (Å²) in [4.78, 5) is 0. The molecule has 0 bridgehead atoms. The van der Waals surface area contributed by atoms with Crippen molar-refractivity contribution in [3.05, 3.63) is 40.8 Å². The number of aliphatic hydroxyl groups is 1. The summed E-state index contributed by atoms with van der Waals surface area (Å²) in [6, 6.07) is 8.12. The normalized spacial score (nSPS) is 15.3. The molecule has 0 spiro atoms. The average Bonchev–Trinajstić information content (AvgIpc) is 3.11. The summed E-state index contributed by atoms with van der Waals surface area (Å²) >= 11 is 0. The summed E-state index contributed by atoms with van der Waals surface area (Å²) in [6.45, 7) is 1.88. The molecule has 0 unspecified atom stereocenters. The van der Waals surface area contributed by atoms with E-state index in [2.05, 4.69) is 12.1 Å². The minimum absolute atomic E-state index is 0.0167. The molecule has 0 aromatic heterocycles. The Morgan fingerprint density at radius 1 is 1.53 bits per heavy atom. The quantitative estimate of drug-likeness (QED) is 0.814. The van der Waals surface area contributed by atoms with Crippen LogP contribution in [0.3, 0.4) is 0 Å². The third-order valence-corrected chi connectivity index (χ3v) is 2.91. The van der Waals surface area contributed by atoms with Gasteiger partial charge in [0.1, 0.15) is 0 Å². The number of hydrogen-bond donors (Lipinski definition) is 1. The lowest BCUT2D eigenvalue weighted by atomic mass is 9.93. The maximum absolute atomic E-state index is 9.11. The van der Waals surface area contributed by atoms with E-state index in [1.165, 1.54) is 18.4 Å². The van der Waals surface area contributed by atoms with E-state index in [1.807, 2.05) is 19.1 Å². The molecule has 1 aromatic rings. The number of nitriles is 1. The fraction of sp³-hybridized carbons (Fsp3) is 0.385. The van der Waals surface area contributed by atoms with Crippen molar-refractivity contribution in [1.82, 2.24) is 0 Å². The van der Waals surface area contributed by atoms with Gasteiger partial charge in [-0.2, -0.15) is 5.26 Å².